The number of benzene rings is 1. The highest BCUT2D eigenvalue weighted by molar-refractivity contribution is 5.55. The lowest BCUT2D eigenvalue weighted by atomic mass is 10.0. The van der Waals surface area contributed by atoms with Crippen molar-refractivity contribution >= 4 is 5.69 Å². The van der Waals surface area contributed by atoms with Crippen molar-refractivity contribution in [3.63, 3.8) is 0 Å². The first-order valence-corrected chi connectivity index (χ1v) is 6.83. The zero-order valence-corrected chi connectivity index (χ0v) is 11.6. The van der Waals surface area contributed by atoms with Gasteiger partial charge in [0.15, 0.2) is 0 Å². The maximum Gasteiger partial charge on any atom is 0.146 e. The van der Waals surface area contributed by atoms with Gasteiger partial charge >= 0.3 is 0 Å². The summed E-state index contributed by atoms with van der Waals surface area (Å²) < 4.78 is 14.0. The minimum absolute atomic E-state index is 0.359. The zero-order valence-electron chi connectivity index (χ0n) is 11.6. The van der Waals surface area contributed by atoms with Gasteiger partial charge in [0.25, 0.3) is 0 Å². The second-order valence-electron chi connectivity index (χ2n) is 5.64. The molecule has 0 bridgehead atoms. The van der Waals surface area contributed by atoms with Crippen LogP contribution >= 0.6 is 0 Å². The standard InChI is InChI=1S/C15H22FNO2/c1-11(18)12-6-5-7-13(16)14(12)17(2)10-15(19)8-3-4-9-15/h5-7,11,18-19H,3-4,8-10H2,1-2H3. The van der Waals surface area contributed by atoms with Crippen LogP contribution in [0.2, 0.25) is 0 Å². The summed E-state index contributed by atoms with van der Waals surface area (Å²) in [5.74, 6) is -0.359. The Morgan fingerprint density at radius 1 is 1.37 bits per heavy atom. The van der Waals surface area contributed by atoms with Crippen LogP contribution in [-0.2, 0) is 0 Å². The molecular formula is C15H22FNO2. The van der Waals surface area contributed by atoms with Crippen LogP contribution in [0.1, 0.15) is 44.3 Å². The molecule has 0 aliphatic heterocycles. The summed E-state index contributed by atoms with van der Waals surface area (Å²) in [5.41, 5.74) is 0.217. The van der Waals surface area contributed by atoms with Gasteiger partial charge in [-0.2, -0.15) is 0 Å². The van der Waals surface area contributed by atoms with E-state index in [2.05, 4.69) is 0 Å². The van der Waals surface area contributed by atoms with Crippen LogP contribution < -0.4 is 4.90 Å². The van der Waals surface area contributed by atoms with E-state index in [1.807, 2.05) is 0 Å². The monoisotopic (exact) mass is 267 g/mol. The van der Waals surface area contributed by atoms with Crippen LogP contribution in [0.15, 0.2) is 18.2 Å². The molecule has 0 radical (unpaired) electrons. The molecule has 1 aromatic carbocycles. The Balaban J connectivity index is 2.25. The van der Waals surface area contributed by atoms with Gasteiger partial charge in [-0.15, -0.1) is 0 Å². The van der Waals surface area contributed by atoms with Gasteiger partial charge in [-0.3, -0.25) is 0 Å². The molecule has 1 saturated carbocycles. The molecule has 0 aromatic heterocycles. The van der Waals surface area contributed by atoms with Gasteiger partial charge in [-0.05, 0) is 25.8 Å². The molecule has 0 amide bonds. The third-order valence-corrected chi connectivity index (χ3v) is 3.92. The minimum Gasteiger partial charge on any atom is -0.389 e. The van der Waals surface area contributed by atoms with Gasteiger partial charge in [-0.1, -0.05) is 25.0 Å². The number of rotatable bonds is 4. The zero-order chi connectivity index (χ0) is 14.0. The van der Waals surface area contributed by atoms with Crippen LogP contribution in [-0.4, -0.2) is 29.4 Å². The molecule has 1 aliphatic rings. The van der Waals surface area contributed by atoms with Crippen molar-refractivity contribution in [2.24, 2.45) is 0 Å². The number of para-hydroxylation sites is 1. The Labute approximate surface area is 113 Å². The second-order valence-corrected chi connectivity index (χ2v) is 5.64. The molecule has 1 atom stereocenters. The predicted molar refractivity (Wildman–Crippen MR) is 73.7 cm³/mol. The SMILES string of the molecule is CC(O)c1cccc(F)c1N(C)CC1(O)CCCC1. The first-order valence-electron chi connectivity index (χ1n) is 6.83. The molecule has 2 rings (SSSR count). The summed E-state index contributed by atoms with van der Waals surface area (Å²) in [6.45, 7) is 2.02. The van der Waals surface area contributed by atoms with Crippen LogP contribution in [0.4, 0.5) is 10.1 Å². The lowest BCUT2D eigenvalue weighted by molar-refractivity contribution is 0.0557. The molecule has 1 aromatic rings. The maximum atomic E-state index is 14.0. The van der Waals surface area contributed by atoms with Gasteiger partial charge in [0.2, 0.25) is 0 Å². The van der Waals surface area contributed by atoms with Gasteiger partial charge in [-0.25, -0.2) is 4.39 Å². The maximum absolute atomic E-state index is 14.0. The fourth-order valence-electron chi connectivity index (χ4n) is 2.98. The lowest BCUT2D eigenvalue weighted by Crippen LogP contribution is -2.40. The van der Waals surface area contributed by atoms with Crippen LogP contribution in [0.5, 0.6) is 0 Å². The Kier molecular flexibility index (Phi) is 4.11. The van der Waals surface area contributed by atoms with Gasteiger partial charge < -0.3 is 15.1 Å². The smallest absolute Gasteiger partial charge is 0.146 e. The summed E-state index contributed by atoms with van der Waals surface area (Å²) >= 11 is 0. The summed E-state index contributed by atoms with van der Waals surface area (Å²) in [6.07, 6.45) is 2.83. The highest BCUT2D eigenvalue weighted by atomic mass is 19.1. The number of aliphatic hydroxyl groups excluding tert-OH is 1. The van der Waals surface area contributed by atoms with Crippen molar-refractivity contribution in [3.05, 3.63) is 29.6 Å². The summed E-state index contributed by atoms with van der Waals surface area (Å²) in [7, 11) is 1.76. The first kappa shape index (κ1) is 14.3. The van der Waals surface area contributed by atoms with E-state index in [1.165, 1.54) is 6.07 Å². The molecule has 0 saturated heterocycles. The number of hydrogen-bond donors (Lipinski definition) is 2. The van der Waals surface area contributed by atoms with E-state index < -0.39 is 11.7 Å². The molecule has 1 fully saturated rings. The Morgan fingerprint density at radius 2 is 2.00 bits per heavy atom. The average Bonchev–Trinajstić information content (AvgIpc) is 2.74. The molecule has 1 aliphatic carbocycles. The van der Waals surface area contributed by atoms with Crippen molar-refractivity contribution in [1.29, 1.82) is 0 Å². The van der Waals surface area contributed by atoms with E-state index in [4.69, 9.17) is 0 Å². The quantitative estimate of drug-likeness (QED) is 0.881. The Bertz CT molecular complexity index is 442. The van der Waals surface area contributed by atoms with Crippen LogP contribution in [0.3, 0.4) is 0 Å². The van der Waals surface area contributed by atoms with E-state index in [0.717, 1.165) is 25.7 Å². The predicted octanol–water partition coefficient (Wildman–Crippen LogP) is 2.62. The van der Waals surface area contributed by atoms with E-state index in [-0.39, 0.29) is 5.82 Å². The van der Waals surface area contributed by atoms with Gasteiger partial charge in [0, 0.05) is 19.2 Å². The highest BCUT2D eigenvalue weighted by Gasteiger charge is 2.33. The van der Waals surface area contributed by atoms with Crippen LogP contribution in [0.25, 0.3) is 0 Å². The number of halogens is 1. The number of anilines is 1. The number of likely N-dealkylation sites (N-methyl/N-ethyl adjacent to an activating group) is 1. The van der Waals surface area contributed by atoms with Crippen molar-refractivity contribution < 1.29 is 14.6 Å². The molecule has 0 heterocycles. The molecule has 1 unspecified atom stereocenters. The third-order valence-electron chi connectivity index (χ3n) is 3.92. The topological polar surface area (TPSA) is 43.7 Å². The average molecular weight is 267 g/mol. The fourth-order valence-corrected chi connectivity index (χ4v) is 2.98. The summed E-state index contributed by atoms with van der Waals surface area (Å²) in [5, 5.41) is 20.2. The Morgan fingerprint density at radius 3 is 2.58 bits per heavy atom. The number of hydrogen-bond acceptors (Lipinski definition) is 3. The normalized spacial score (nSPS) is 19.4. The minimum atomic E-state index is -0.730. The molecule has 3 nitrogen and oxygen atoms in total. The van der Waals surface area contributed by atoms with Gasteiger partial charge in [0.1, 0.15) is 5.82 Å². The number of aliphatic hydroxyl groups is 2. The summed E-state index contributed by atoms with van der Waals surface area (Å²) in [4.78, 5) is 1.72. The largest absolute Gasteiger partial charge is 0.389 e. The second kappa shape index (κ2) is 5.47. The highest BCUT2D eigenvalue weighted by Crippen LogP contribution is 2.34. The van der Waals surface area contributed by atoms with Crippen molar-refractivity contribution in [1.82, 2.24) is 0 Å². The first-order chi connectivity index (χ1) is 8.93. The molecule has 19 heavy (non-hydrogen) atoms. The summed E-state index contributed by atoms with van der Waals surface area (Å²) in [6, 6.07) is 4.70. The van der Waals surface area contributed by atoms with E-state index in [9.17, 15) is 14.6 Å². The van der Waals surface area contributed by atoms with Crippen molar-refractivity contribution in [2.75, 3.05) is 18.5 Å². The van der Waals surface area contributed by atoms with Crippen LogP contribution in [0, 0.1) is 5.82 Å². The Hall–Kier alpha value is -1.13. The molecule has 0 spiro atoms. The number of nitrogens with zero attached hydrogens (tertiary/aromatic N) is 1. The van der Waals surface area contributed by atoms with Gasteiger partial charge in [0.05, 0.1) is 17.4 Å². The van der Waals surface area contributed by atoms with Crippen molar-refractivity contribution in [3.8, 4) is 0 Å². The molecule has 106 valence electrons. The van der Waals surface area contributed by atoms with E-state index >= 15 is 0 Å². The van der Waals surface area contributed by atoms with E-state index in [0.29, 0.717) is 17.8 Å². The lowest BCUT2D eigenvalue weighted by Gasteiger charge is -2.31. The third kappa shape index (κ3) is 3.07. The van der Waals surface area contributed by atoms with E-state index in [1.54, 1.807) is 31.0 Å². The molecular weight excluding hydrogens is 245 g/mol. The molecule has 4 heteroatoms. The molecule has 2 N–H and O–H groups in total. The fraction of sp³-hybridized carbons (Fsp3) is 0.600. The van der Waals surface area contributed by atoms with Crippen molar-refractivity contribution in [2.45, 2.75) is 44.3 Å².